The fourth-order valence-electron chi connectivity index (χ4n) is 2.07. The number of pyridine rings is 1. The van der Waals surface area contributed by atoms with Crippen LogP contribution in [0.3, 0.4) is 0 Å². The SMILES string of the molecule is Brc1sc(-c2nc(-c3ccccn3)cs2)c2c1OCCO2. The molecule has 0 N–H and O–H groups in total. The average molecular weight is 381 g/mol. The van der Waals surface area contributed by atoms with Gasteiger partial charge in [-0.1, -0.05) is 6.07 Å². The van der Waals surface area contributed by atoms with Gasteiger partial charge in [0.15, 0.2) is 11.5 Å². The molecule has 0 saturated heterocycles. The Morgan fingerprint density at radius 1 is 1.10 bits per heavy atom. The van der Waals surface area contributed by atoms with Gasteiger partial charge in [-0.05, 0) is 28.1 Å². The van der Waals surface area contributed by atoms with Gasteiger partial charge in [-0.2, -0.15) is 0 Å². The third-order valence-corrected chi connectivity index (χ3v) is 5.77. The lowest BCUT2D eigenvalue weighted by atomic mass is 10.3. The number of thiophene rings is 1. The smallest absolute Gasteiger partial charge is 0.187 e. The Morgan fingerprint density at radius 2 is 1.95 bits per heavy atom. The molecule has 4 heterocycles. The molecule has 1 aliphatic heterocycles. The standard InChI is InChI=1S/C14H9BrN2O2S2/c15-13-11-10(18-5-6-19-11)12(21-13)14-17-9(7-20-14)8-3-1-2-4-16-8/h1-4,7H,5-6H2. The second-order valence-corrected chi connectivity index (χ2v) is 7.51. The zero-order valence-electron chi connectivity index (χ0n) is 10.7. The molecule has 0 radical (unpaired) electrons. The highest BCUT2D eigenvalue weighted by Crippen LogP contribution is 2.52. The van der Waals surface area contributed by atoms with Crippen LogP contribution in [0.5, 0.6) is 11.5 Å². The molecule has 106 valence electrons. The third kappa shape index (κ3) is 2.35. The molecule has 7 heteroatoms. The predicted octanol–water partition coefficient (Wildman–Crippen LogP) is 4.47. The molecule has 21 heavy (non-hydrogen) atoms. The molecule has 0 fully saturated rings. The summed E-state index contributed by atoms with van der Waals surface area (Å²) >= 11 is 6.70. The molecule has 0 unspecified atom stereocenters. The summed E-state index contributed by atoms with van der Waals surface area (Å²) in [4.78, 5) is 10.0. The van der Waals surface area contributed by atoms with Gasteiger partial charge in [0, 0.05) is 11.6 Å². The van der Waals surface area contributed by atoms with E-state index in [0.29, 0.717) is 13.2 Å². The van der Waals surface area contributed by atoms with Crippen molar-refractivity contribution in [3.8, 4) is 32.8 Å². The molecule has 0 amide bonds. The maximum absolute atomic E-state index is 5.75. The zero-order valence-corrected chi connectivity index (χ0v) is 13.9. The maximum atomic E-state index is 5.75. The van der Waals surface area contributed by atoms with E-state index in [1.807, 2.05) is 23.6 Å². The summed E-state index contributed by atoms with van der Waals surface area (Å²) in [5, 5.41) is 2.94. The Hall–Kier alpha value is -1.44. The Labute approximate surface area is 137 Å². The highest BCUT2D eigenvalue weighted by Gasteiger charge is 2.25. The first-order valence-electron chi connectivity index (χ1n) is 6.28. The normalized spacial score (nSPS) is 13.4. The third-order valence-electron chi connectivity index (χ3n) is 2.98. The van der Waals surface area contributed by atoms with Crippen LogP contribution in [-0.4, -0.2) is 23.2 Å². The molecule has 0 aromatic carbocycles. The van der Waals surface area contributed by atoms with Crippen molar-refractivity contribution in [3.63, 3.8) is 0 Å². The van der Waals surface area contributed by atoms with Crippen LogP contribution in [0.15, 0.2) is 33.6 Å². The van der Waals surface area contributed by atoms with E-state index in [2.05, 4.69) is 25.9 Å². The van der Waals surface area contributed by atoms with Crippen LogP contribution in [0.4, 0.5) is 0 Å². The van der Waals surface area contributed by atoms with E-state index in [9.17, 15) is 0 Å². The molecule has 0 atom stereocenters. The summed E-state index contributed by atoms with van der Waals surface area (Å²) in [5.74, 6) is 1.58. The van der Waals surface area contributed by atoms with Gasteiger partial charge in [0.1, 0.15) is 32.6 Å². The molecule has 3 aromatic heterocycles. The van der Waals surface area contributed by atoms with E-state index >= 15 is 0 Å². The number of nitrogens with zero attached hydrogens (tertiary/aromatic N) is 2. The van der Waals surface area contributed by atoms with E-state index in [1.54, 1.807) is 28.9 Å². The maximum Gasteiger partial charge on any atom is 0.187 e. The van der Waals surface area contributed by atoms with E-state index < -0.39 is 0 Å². The van der Waals surface area contributed by atoms with Crippen molar-refractivity contribution in [1.29, 1.82) is 0 Å². The predicted molar refractivity (Wildman–Crippen MR) is 87.3 cm³/mol. The number of rotatable bonds is 2. The second kappa shape index (κ2) is 5.40. The molecule has 4 nitrogen and oxygen atoms in total. The summed E-state index contributed by atoms with van der Waals surface area (Å²) in [6.45, 7) is 1.15. The lowest BCUT2D eigenvalue weighted by molar-refractivity contribution is 0.173. The number of thiazole rings is 1. The van der Waals surface area contributed by atoms with Crippen molar-refractivity contribution in [2.75, 3.05) is 13.2 Å². The minimum atomic E-state index is 0.571. The van der Waals surface area contributed by atoms with Crippen molar-refractivity contribution in [1.82, 2.24) is 9.97 Å². The second-order valence-electron chi connectivity index (χ2n) is 4.31. The number of fused-ring (bicyclic) bond motifs is 1. The average Bonchev–Trinajstić information content (AvgIpc) is 3.14. The first kappa shape index (κ1) is 13.2. The Morgan fingerprint density at radius 3 is 2.76 bits per heavy atom. The fourth-order valence-corrected chi connectivity index (χ4v) is 4.66. The summed E-state index contributed by atoms with van der Waals surface area (Å²) in [5.41, 5.74) is 1.76. The van der Waals surface area contributed by atoms with Crippen LogP contribution in [0.1, 0.15) is 0 Å². The van der Waals surface area contributed by atoms with Crippen molar-refractivity contribution < 1.29 is 9.47 Å². The molecule has 4 rings (SSSR count). The van der Waals surface area contributed by atoms with Crippen molar-refractivity contribution >= 4 is 38.6 Å². The van der Waals surface area contributed by atoms with Crippen molar-refractivity contribution in [2.24, 2.45) is 0 Å². The van der Waals surface area contributed by atoms with E-state index in [1.165, 1.54) is 0 Å². The van der Waals surface area contributed by atoms with Gasteiger partial charge < -0.3 is 9.47 Å². The largest absolute Gasteiger partial charge is 0.484 e. The first-order chi connectivity index (χ1) is 10.3. The van der Waals surface area contributed by atoms with E-state index in [4.69, 9.17) is 9.47 Å². The molecule has 0 aliphatic carbocycles. The quantitative estimate of drug-likeness (QED) is 0.657. The molecule has 0 spiro atoms. The van der Waals surface area contributed by atoms with Gasteiger partial charge in [0.25, 0.3) is 0 Å². The number of ether oxygens (including phenoxy) is 2. The monoisotopic (exact) mass is 380 g/mol. The van der Waals surface area contributed by atoms with Gasteiger partial charge in [-0.3, -0.25) is 4.98 Å². The van der Waals surface area contributed by atoms with Gasteiger partial charge in [0.2, 0.25) is 0 Å². The summed E-state index contributed by atoms with van der Waals surface area (Å²) in [6, 6.07) is 5.81. The van der Waals surface area contributed by atoms with Crippen molar-refractivity contribution in [2.45, 2.75) is 0 Å². The minimum Gasteiger partial charge on any atom is -0.484 e. The fraction of sp³-hybridized carbons (Fsp3) is 0.143. The van der Waals surface area contributed by atoms with E-state index in [0.717, 1.165) is 36.6 Å². The summed E-state index contributed by atoms with van der Waals surface area (Å²) in [6.07, 6.45) is 1.77. The van der Waals surface area contributed by atoms with Crippen LogP contribution in [0, 0.1) is 0 Å². The van der Waals surface area contributed by atoms with Crippen LogP contribution < -0.4 is 9.47 Å². The van der Waals surface area contributed by atoms with Gasteiger partial charge in [-0.15, -0.1) is 22.7 Å². The molecule has 0 saturated carbocycles. The highest BCUT2D eigenvalue weighted by atomic mass is 79.9. The van der Waals surface area contributed by atoms with Crippen LogP contribution in [-0.2, 0) is 0 Å². The Bertz CT molecular complexity index is 786. The number of aromatic nitrogens is 2. The minimum absolute atomic E-state index is 0.571. The lowest BCUT2D eigenvalue weighted by Crippen LogP contribution is -2.14. The molecule has 3 aromatic rings. The molecular weight excluding hydrogens is 372 g/mol. The van der Waals surface area contributed by atoms with Gasteiger partial charge >= 0.3 is 0 Å². The number of hydrogen-bond acceptors (Lipinski definition) is 6. The van der Waals surface area contributed by atoms with Crippen molar-refractivity contribution in [3.05, 3.63) is 33.6 Å². The number of halogens is 1. The lowest BCUT2D eigenvalue weighted by Gasteiger charge is -2.15. The first-order valence-corrected chi connectivity index (χ1v) is 8.77. The molecular formula is C14H9BrN2O2S2. The summed E-state index contributed by atoms with van der Waals surface area (Å²) < 4.78 is 12.3. The topological polar surface area (TPSA) is 44.2 Å². The summed E-state index contributed by atoms with van der Waals surface area (Å²) in [7, 11) is 0. The molecule has 1 aliphatic rings. The van der Waals surface area contributed by atoms with Crippen LogP contribution >= 0.6 is 38.6 Å². The van der Waals surface area contributed by atoms with Gasteiger partial charge in [0.05, 0.1) is 5.69 Å². The van der Waals surface area contributed by atoms with Gasteiger partial charge in [-0.25, -0.2) is 4.98 Å². The Balaban J connectivity index is 1.77. The van der Waals surface area contributed by atoms with Crippen LogP contribution in [0.25, 0.3) is 21.3 Å². The molecule has 0 bridgehead atoms. The zero-order chi connectivity index (χ0) is 14.2. The number of hydrogen-bond donors (Lipinski definition) is 0. The van der Waals surface area contributed by atoms with Crippen LogP contribution in [0.2, 0.25) is 0 Å². The Kier molecular flexibility index (Phi) is 3.40. The van der Waals surface area contributed by atoms with E-state index in [-0.39, 0.29) is 0 Å². The highest BCUT2D eigenvalue weighted by molar-refractivity contribution is 9.11.